The number of carbonyl (C=O) groups is 2. The van der Waals surface area contributed by atoms with Gasteiger partial charge in [0.2, 0.25) is 5.43 Å². The molecule has 1 aromatic carbocycles. The Labute approximate surface area is 204 Å². The van der Waals surface area contributed by atoms with Gasteiger partial charge < -0.3 is 24.6 Å². The van der Waals surface area contributed by atoms with E-state index in [0.717, 1.165) is 25.1 Å². The number of carbonyl (C=O) groups excluding carboxylic acids is 1. The summed E-state index contributed by atoms with van der Waals surface area (Å²) in [5.74, 6) is -2.26. The van der Waals surface area contributed by atoms with Crippen molar-refractivity contribution < 1.29 is 28.2 Å². The van der Waals surface area contributed by atoms with Gasteiger partial charge in [-0.1, -0.05) is 11.6 Å². The van der Waals surface area contributed by atoms with Gasteiger partial charge in [-0.25, -0.2) is 18.4 Å². The van der Waals surface area contributed by atoms with Crippen LogP contribution in [0.2, 0.25) is 5.02 Å². The third-order valence-corrected chi connectivity index (χ3v) is 7.36. The number of carboxylic acids is 1. The number of pyridine rings is 1. The molecule has 1 spiro atoms. The predicted octanol–water partition coefficient (Wildman–Crippen LogP) is 4.27. The van der Waals surface area contributed by atoms with Crippen LogP contribution >= 0.6 is 11.6 Å². The molecule has 5 rings (SSSR count). The molecule has 0 radical (unpaired) electrons. The Bertz CT molecular complexity index is 1320. The Kier molecular flexibility index (Phi) is 5.32. The van der Waals surface area contributed by atoms with Gasteiger partial charge in [-0.3, -0.25) is 4.79 Å². The molecular formula is C24H26ClF2N3O5. The van der Waals surface area contributed by atoms with Gasteiger partial charge in [-0.15, -0.1) is 0 Å². The van der Waals surface area contributed by atoms with Gasteiger partial charge in [0.05, 0.1) is 33.7 Å². The Balaban J connectivity index is 1.55. The number of aromatic nitrogens is 1. The van der Waals surface area contributed by atoms with E-state index in [4.69, 9.17) is 16.3 Å². The van der Waals surface area contributed by atoms with Crippen molar-refractivity contribution in [3.63, 3.8) is 0 Å². The Hall–Kier alpha value is -2.88. The monoisotopic (exact) mass is 509 g/mol. The number of amides is 1. The number of fused-ring (bicyclic) bond motifs is 1. The normalized spacial score (nSPS) is 24.6. The molecule has 8 nitrogen and oxygen atoms in total. The molecule has 1 amide bonds. The number of halogens is 3. The van der Waals surface area contributed by atoms with Crippen molar-refractivity contribution in [1.82, 2.24) is 9.88 Å². The second-order valence-electron chi connectivity index (χ2n) is 10.8. The van der Waals surface area contributed by atoms with Gasteiger partial charge >= 0.3 is 12.1 Å². The Morgan fingerprint density at radius 3 is 2.51 bits per heavy atom. The van der Waals surface area contributed by atoms with Gasteiger partial charge in [0.25, 0.3) is 0 Å². The maximum atomic E-state index is 15.4. The molecule has 2 aromatic rings. The molecule has 2 saturated carbocycles. The summed E-state index contributed by atoms with van der Waals surface area (Å²) in [6.07, 6.45) is 1.15. The minimum absolute atomic E-state index is 0.0474. The van der Waals surface area contributed by atoms with E-state index in [2.05, 4.69) is 5.32 Å². The SMILES string of the molecule is CC(C)(C)OC(=O)N[C@@H]1CN(c2c(F)cc3c(=O)c(C(=O)O)cn(C4CC4F)c3c2Cl)CC12CC2. The van der Waals surface area contributed by atoms with Crippen LogP contribution in [0.25, 0.3) is 10.9 Å². The first-order valence-corrected chi connectivity index (χ1v) is 11.9. The fraction of sp³-hybridized carbons (Fsp3) is 0.542. The van der Waals surface area contributed by atoms with Crippen molar-refractivity contribution >= 4 is 40.3 Å². The van der Waals surface area contributed by atoms with E-state index < -0.39 is 46.7 Å². The van der Waals surface area contributed by atoms with Crippen LogP contribution in [0.3, 0.4) is 0 Å². The average Bonchev–Trinajstić information content (AvgIpc) is 3.62. The molecule has 188 valence electrons. The van der Waals surface area contributed by atoms with E-state index in [0.29, 0.717) is 6.54 Å². The molecule has 3 fully saturated rings. The smallest absolute Gasteiger partial charge is 0.407 e. The van der Waals surface area contributed by atoms with E-state index in [1.165, 1.54) is 4.57 Å². The van der Waals surface area contributed by atoms with Gasteiger partial charge in [-0.05, 0) is 39.7 Å². The highest BCUT2D eigenvalue weighted by Gasteiger charge is 2.56. The topological polar surface area (TPSA) is 101 Å². The second kappa shape index (κ2) is 7.81. The maximum absolute atomic E-state index is 15.4. The molecule has 1 aliphatic heterocycles. The number of aromatic carboxylic acids is 1. The lowest BCUT2D eigenvalue weighted by molar-refractivity contribution is 0.0493. The van der Waals surface area contributed by atoms with E-state index in [1.54, 1.807) is 25.7 Å². The standard InChI is InChI=1S/C24H26ClF2N3O5/c1-23(2,3)35-22(34)28-16-9-29(10-24(16)4-5-24)19-14(27)6-11-18(17(19)25)30(15-7-13(15)26)8-12(20(11)31)21(32)33/h6,8,13,15-16H,4-5,7,9-10H2,1-3H3,(H,28,34)(H,32,33)/t13?,15?,16-/m1/s1. The van der Waals surface area contributed by atoms with E-state index >= 15 is 4.39 Å². The van der Waals surface area contributed by atoms with Crippen LogP contribution in [0.1, 0.15) is 56.4 Å². The molecule has 2 aliphatic carbocycles. The van der Waals surface area contributed by atoms with Crippen molar-refractivity contribution in [1.29, 1.82) is 0 Å². The largest absolute Gasteiger partial charge is 0.477 e. The zero-order valence-corrected chi connectivity index (χ0v) is 20.3. The van der Waals surface area contributed by atoms with E-state index in [9.17, 15) is 23.9 Å². The lowest BCUT2D eigenvalue weighted by Crippen LogP contribution is -2.44. The number of rotatable bonds is 4. The summed E-state index contributed by atoms with van der Waals surface area (Å²) in [5, 5.41) is 12.0. The van der Waals surface area contributed by atoms with Gasteiger partial charge in [0.15, 0.2) is 0 Å². The number of nitrogens with zero attached hydrogens (tertiary/aromatic N) is 2. The molecule has 1 saturated heterocycles. The summed E-state index contributed by atoms with van der Waals surface area (Å²) < 4.78 is 36.2. The number of nitrogens with one attached hydrogen (secondary N) is 1. The van der Waals surface area contributed by atoms with Crippen LogP contribution in [-0.4, -0.2) is 52.6 Å². The Morgan fingerprint density at radius 1 is 1.31 bits per heavy atom. The highest BCUT2D eigenvalue weighted by atomic mass is 35.5. The van der Waals surface area contributed by atoms with Gasteiger partial charge in [0, 0.05) is 31.1 Å². The first-order valence-electron chi connectivity index (χ1n) is 11.5. The molecule has 2 unspecified atom stereocenters. The van der Waals surface area contributed by atoms with Crippen LogP contribution in [0.5, 0.6) is 0 Å². The summed E-state index contributed by atoms with van der Waals surface area (Å²) in [7, 11) is 0. The quantitative estimate of drug-likeness (QED) is 0.638. The van der Waals surface area contributed by atoms with Gasteiger partial charge in [-0.2, -0.15) is 0 Å². The summed E-state index contributed by atoms with van der Waals surface area (Å²) in [4.78, 5) is 38.5. The molecule has 2 N–H and O–H groups in total. The first-order chi connectivity index (χ1) is 16.3. The lowest BCUT2D eigenvalue weighted by Gasteiger charge is -2.24. The van der Waals surface area contributed by atoms with Crippen LogP contribution in [0, 0.1) is 11.2 Å². The fourth-order valence-electron chi connectivity index (χ4n) is 5.03. The molecule has 1 aromatic heterocycles. The summed E-state index contributed by atoms with van der Waals surface area (Å²) in [6.45, 7) is 6.00. The van der Waals surface area contributed by atoms with Crippen LogP contribution in [0.15, 0.2) is 17.1 Å². The van der Waals surface area contributed by atoms with E-state index in [1.807, 2.05) is 0 Å². The number of alkyl carbamates (subject to hydrolysis) is 1. The summed E-state index contributed by atoms with van der Waals surface area (Å²) >= 11 is 6.69. The zero-order valence-electron chi connectivity index (χ0n) is 19.5. The Morgan fingerprint density at radius 2 is 1.97 bits per heavy atom. The molecule has 3 atom stereocenters. The predicted molar refractivity (Wildman–Crippen MR) is 126 cm³/mol. The molecule has 35 heavy (non-hydrogen) atoms. The maximum Gasteiger partial charge on any atom is 0.407 e. The number of hydrogen-bond acceptors (Lipinski definition) is 5. The average molecular weight is 510 g/mol. The number of benzene rings is 1. The molecule has 2 heterocycles. The third-order valence-electron chi connectivity index (χ3n) is 7.00. The lowest BCUT2D eigenvalue weighted by atomic mass is 10.0. The number of ether oxygens (including phenoxy) is 1. The number of hydrogen-bond donors (Lipinski definition) is 2. The van der Waals surface area contributed by atoms with Crippen molar-refractivity contribution in [3.8, 4) is 0 Å². The van der Waals surface area contributed by atoms with Crippen LogP contribution in [-0.2, 0) is 4.74 Å². The molecule has 11 heteroatoms. The first kappa shape index (κ1) is 23.8. The molecular weight excluding hydrogens is 484 g/mol. The van der Waals surface area contributed by atoms with E-state index in [-0.39, 0.29) is 46.0 Å². The molecule has 3 aliphatic rings. The van der Waals surface area contributed by atoms with Crippen LogP contribution in [0.4, 0.5) is 19.3 Å². The van der Waals surface area contributed by atoms with Crippen molar-refractivity contribution in [3.05, 3.63) is 38.9 Å². The fourth-order valence-corrected chi connectivity index (χ4v) is 5.44. The third kappa shape index (κ3) is 4.11. The number of anilines is 1. The van der Waals surface area contributed by atoms with Crippen molar-refractivity contribution in [2.75, 3.05) is 18.0 Å². The minimum Gasteiger partial charge on any atom is -0.477 e. The van der Waals surface area contributed by atoms with Crippen molar-refractivity contribution in [2.24, 2.45) is 5.41 Å². The number of alkyl halides is 1. The summed E-state index contributed by atoms with van der Waals surface area (Å²) in [6, 6.07) is 0.00623. The second-order valence-corrected chi connectivity index (χ2v) is 11.1. The van der Waals surface area contributed by atoms with Gasteiger partial charge in [0.1, 0.15) is 23.2 Å². The number of carboxylic acid groups (broad SMARTS) is 1. The molecule has 0 bridgehead atoms. The van der Waals surface area contributed by atoms with Crippen LogP contribution < -0.4 is 15.6 Å². The minimum atomic E-state index is -1.48. The highest BCUT2D eigenvalue weighted by molar-refractivity contribution is 6.38. The highest BCUT2D eigenvalue weighted by Crippen LogP contribution is 2.55. The van der Waals surface area contributed by atoms with Crippen molar-refractivity contribution in [2.45, 2.75) is 63.9 Å². The summed E-state index contributed by atoms with van der Waals surface area (Å²) in [5.41, 5.74) is -2.20. The zero-order chi connectivity index (χ0) is 25.4.